The third-order valence-corrected chi connectivity index (χ3v) is 4.14. The van der Waals surface area contributed by atoms with Crippen molar-refractivity contribution >= 4 is 35.0 Å². The molecule has 4 heteroatoms. The van der Waals surface area contributed by atoms with Crippen LogP contribution < -0.4 is 4.90 Å². The quantitative estimate of drug-likeness (QED) is 0.774. The number of fused-ring (bicyclic) bond motifs is 1. The lowest BCUT2D eigenvalue weighted by Crippen LogP contribution is -2.38. The summed E-state index contributed by atoms with van der Waals surface area (Å²) < 4.78 is 0. The van der Waals surface area contributed by atoms with Crippen LogP contribution in [0.25, 0.3) is 0 Å². The van der Waals surface area contributed by atoms with E-state index in [4.69, 9.17) is 11.6 Å². The number of thioether (sulfide) groups is 1. The van der Waals surface area contributed by atoms with Gasteiger partial charge in [-0.25, -0.2) is 0 Å². The van der Waals surface area contributed by atoms with Gasteiger partial charge >= 0.3 is 0 Å². The Kier molecular flexibility index (Phi) is 3.77. The van der Waals surface area contributed by atoms with Crippen LogP contribution in [-0.4, -0.2) is 24.1 Å². The molecule has 1 aliphatic heterocycles. The molecule has 1 atom stereocenters. The minimum atomic E-state index is 0.181. The maximum absolute atomic E-state index is 11.9. The smallest absolute Gasteiger partial charge is 0.237 e. The Morgan fingerprint density at radius 2 is 2.25 bits per heavy atom. The topological polar surface area (TPSA) is 20.3 Å². The molecule has 0 spiro atoms. The van der Waals surface area contributed by atoms with Gasteiger partial charge in [0, 0.05) is 17.3 Å². The summed E-state index contributed by atoms with van der Waals surface area (Å²) in [6.07, 6.45) is 0. The van der Waals surface area contributed by atoms with Crippen molar-refractivity contribution in [2.75, 3.05) is 23.1 Å². The molecule has 0 aliphatic carbocycles. The molecule has 1 aliphatic rings. The lowest BCUT2D eigenvalue weighted by molar-refractivity contribution is -0.116. The normalized spacial score (nSPS) is 17.1. The first-order chi connectivity index (χ1) is 7.72. The number of benzene rings is 1. The van der Waals surface area contributed by atoms with E-state index in [1.807, 2.05) is 23.1 Å². The second kappa shape index (κ2) is 5.11. The molecule has 1 amide bonds. The van der Waals surface area contributed by atoms with Crippen LogP contribution in [0.15, 0.2) is 29.2 Å². The molecular weight excluding hydrogens is 242 g/mol. The fraction of sp³-hybridized carbons (Fsp3) is 0.417. The van der Waals surface area contributed by atoms with Crippen LogP contribution in [0.3, 0.4) is 0 Å². The van der Waals surface area contributed by atoms with Gasteiger partial charge in [-0.1, -0.05) is 19.1 Å². The zero-order valence-corrected chi connectivity index (χ0v) is 10.7. The van der Waals surface area contributed by atoms with Gasteiger partial charge in [0.2, 0.25) is 5.91 Å². The van der Waals surface area contributed by atoms with Crippen LogP contribution in [0.4, 0.5) is 5.69 Å². The fourth-order valence-corrected chi connectivity index (χ4v) is 2.75. The first-order valence-corrected chi connectivity index (χ1v) is 6.82. The summed E-state index contributed by atoms with van der Waals surface area (Å²) in [5.74, 6) is 1.62. The first kappa shape index (κ1) is 11.8. The Hall–Kier alpha value is -0.670. The van der Waals surface area contributed by atoms with Crippen LogP contribution in [-0.2, 0) is 4.79 Å². The largest absolute Gasteiger partial charge is 0.310 e. The number of hydrogen-bond acceptors (Lipinski definition) is 2. The number of rotatable bonds is 3. The van der Waals surface area contributed by atoms with Gasteiger partial charge in [0.05, 0.1) is 11.4 Å². The van der Waals surface area contributed by atoms with E-state index in [0.717, 1.165) is 5.69 Å². The Morgan fingerprint density at radius 3 is 3.00 bits per heavy atom. The SMILES string of the molecule is C[C@@H](CCl)CN1C(=O)CSc2ccccc21. The highest BCUT2D eigenvalue weighted by Crippen LogP contribution is 2.35. The van der Waals surface area contributed by atoms with Crippen LogP contribution >= 0.6 is 23.4 Å². The molecule has 0 aromatic heterocycles. The summed E-state index contributed by atoms with van der Waals surface area (Å²) in [4.78, 5) is 14.9. The highest BCUT2D eigenvalue weighted by atomic mass is 35.5. The van der Waals surface area contributed by atoms with Crippen molar-refractivity contribution < 1.29 is 4.79 Å². The zero-order valence-electron chi connectivity index (χ0n) is 9.15. The first-order valence-electron chi connectivity index (χ1n) is 5.30. The van der Waals surface area contributed by atoms with Crippen molar-refractivity contribution in [3.63, 3.8) is 0 Å². The Bertz CT molecular complexity index is 396. The minimum absolute atomic E-state index is 0.181. The Labute approximate surface area is 105 Å². The van der Waals surface area contributed by atoms with Gasteiger partial charge in [0.25, 0.3) is 0 Å². The molecule has 0 saturated heterocycles. The van der Waals surface area contributed by atoms with E-state index in [2.05, 4.69) is 13.0 Å². The third-order valence-electron chi connectivity index (χ3n) is 2.57. The summed E-state index contributed by atoms with van der Waals surface area (Å²) in [7, 11) is 0. The van der Waals surface area contributed by atoms with Crippen LogP contribution in [0.1, 0.15) is 6.92 Å². The molecule has 1 aromatic rings. The second-order valence-electron chi connectivity index (χ2n) is 4.02. The standard InChI is InChI=1S/C12H14ClNOS/c1-9(6-13)7-14-10-4-2-3-5-11(10)16-8-12(14)15/h2-5,9H,6-8H2,1H3/t9-/m0/s1. The maximum Gasteiger partial charge on any atom is 0.237 e. The predicted molar refractivity (Wildman–Crippen MR) is 69.4 cm³/mol. The Morgan fingerprint density at radius 1 is 1.50 bits per heavy atom. The number of hydrogen-bond donors (Lipinski definition) is 0. The van der Waals surface area contributed by atoms with Gasteiger partial charge in [-0.3, -0.25) is 4.79 Å². The van der Waals surface area contributed by atoms with Gasteiger partial charge in [0.15, 0.2) is 0 Å². The molecule has 16 heavy (non-hydrogen) atoms. The summed E-state index contributed by atoms with van der Waals surface area (Å²) in [6.45, 7) is 2.77. The van der Waals surface area contributed by atoms with Gasteiger partial charge in [-0.15, -0.1) is 23.4 Å². The number of amides is 1. The van der Waals surface area contributed by atoms with E-state index in [1.165, 1.54) is 4.90 Å². The maximum atomic E-state index is 11.9. The van der Waals surface area contributed by atoms with Gasteiger partial charge < -0.3 is 4.90 Å². The molecular formula is C12H14ClNOS. The molecule has 0 radical (unpaired) electrons. The molecule has 0 N–H and O–H groups in total. The molecule has 1 aromatic carbocycles. The molecule has 2 rings (SSSR count). The van der Waals surface area contributed by atoms with Gasteiger partial charge in [0.1, 0.15) is 0 Å². The third kappa shape index (κ3) is 2.36. The number of anilines is 1. The average molecular weight is 256 g/mol. The van der Waals surface area contributed by atoms with E-state index >= 15 is 0 Å². The van der Waals surface area contributed by atoms with Crippen molar-refractivity contribution in [1.29, 1.82) is 0 Å². The summed E-state index contributed by atoms with van der Waals surface area (Å²) in [6, 6.07) is 8.03. The monoisotopic (exact) mass is 255 g/mol. The average Bonchev–Trinajstić information content (AvgIpc) is 2.32. The number of carbonyl (C=O) groups excluding carboxylic acids is 1. The zero-order chi connectivity index (χ0) is 11.5. The number of nitrogens with zero attached hydrogens (tertiary/aromatic N) is 1. The fourth-order valence-electron chi connectivity index (χ4n) is 1.71. The minimum Gasteiger partial charge on any atom is -0.310 e. The van der Waals surface area contributed by atoms with E-state index < -0.39 is 0 Å². The Balaban J connectivity index is 2.26. The number of carbonyl (C=O) groups is 1. The highest BCUT2D eigenvalue weighted by Gasteiger charge is 2.25. The van der Waals surface area contributed by atoms with Crippen LogP contribution in [0.5, 0.6) is 0 Å². The molecule has 0 fully saturated rings. The van der Waals surface area contributed by atoms with Crippen molar-refractivity contribution in [3.05, 3.63) is 24.3 Å². The van der Waals surface area contributed by atoms with E-state index in [-0.39, 0.29) is 5.91 Å². The van der Waals surface area contributed by atoms with E-state index in [0.29, 0.717) is 24.1 Å². The van der Waals surface area contributed by atoms with Crippen molar-refractivity contribution in [1.82, 2.24) is 0 Å². The summed E-state index contributed by atoms with van der Waals surface area (Å²) >= 11 is 7.41. The van der Waals surface area contributed by atoms with Crippen molar-refractivity contribution in [3.8, 4) is 0 Å². The molecule has 0 unspecified atom stereocenters. The highest BCUT2D eigenvalue weighted by molar-refractivity contribution is 8.00. The summed E-state index contributed by atoms with van der Waals surface area (Å²) in [5, 5.41) is 0. The number of para-hydroxylation sites is 1. The lowest BCUT2D eigenvalue weighted by atomic mass is 10.2. The van der Waals surface area contributed by atoms with Crippen molar-refractivity contribution in [2.24, 2.45) is 5.92 Å². The van der Waals surface area contributed by atoms with Crippen LogP contribution in [0, 0.1) is 5.92 Å². The van der Waals surface area contributed by atoms with Crippen molar-refractivity contribution in [2.45, 2.75) is 11.8 Å². The van der Waals surface area contributed by atoms with Gasteiger partial charge in [-0.2, -0.15) is 0 Å². The van der Waals surface area contributed by atoms with Gasteiger partial charge in [-0.05, 0) is 18.1 Å². The van der Waals surface area contributed by atoms with E-state index in [1.54, 1.807) is 11.8 Å². The van der Waals surface area contributed by atoms with Crippen LogP contribution in [0.2, 0.25) is 0 Å². The van der Waals surface area contributed by atoms with E-state index in [9.17, 15) is 4.79 Å². The summed E-state index contributed by atoms with van der Waals surface area (Å²) in [5.41, 5.74) is 1.03. The molecule has 2 nitrogen and oxygen atoms in total. The second-order valence-corrected chi connectivity index (χ2v) is 5.35. The molecule has 1 heterocycles. The lowest BCUT2D eigenvalue weighted by Gasteiger charge is -2.30. The number of halogens is 1. The molecule has 86 valence electrons. The number of alkyl halides is 1. The molecule has 0 bridgehead atoms. The molecule has 0 saturated carbocycles. The predicted octanol–water partition coefficient (Wildman–Crippen LogP) is 3.00.